The van der Waals surface area contributed by atoms with Gasteiger partial charge in [0.15, 0.2) is 0 Å². The molecule has 0 saturated heterocycles. The standard InChI is InChI=1S/C19H17BrFNO/c1-23-18-8-5-11(20)9-16(18)19-14-4-2-3-13(14)15-10-12(21)6-7-17(15)22-19/h2-3,5-10,13-14,19,22H,4H2,1H3/t13-,14-,19+/m1/s1. The third-order valence-electron chi connectivity index (χ3n) is 4.85. The molecule has 0 bridgehead atoms. The Bertz CT molecular complexity index is 789. The lowest BCUT2D eigenvalue weighted by molar-refractivity contribution is 0.380. The summed E-state index contributed by atoms with van der Waals surface area (Å²) in [5.74, 6) is 1.31. The van der Waals surface area contributed by atoms with Crippen LogP contribution >= 0.6 is 15.9 Å². The van der Waals surface area contributed by atoms with Gasteiger partial charge in [0, 0.05) is 21.6 Å². The smallest absolute Gasteiger partial charge is 0.124 e. The monoisotopic (exact) mass is 373 g/mol. The normalized spacial score (nSPS) is 24.7. The van der Waals surface area contributed by atoms with Crippen molar-refractivity contribution < 1.29 is 9.13 Å². The van der Waals surface area contributed by atoms with E-state index in [9.17, 15) is 4.39 Å². The van der Waals surface area contributed by atoms with Crippen LogP contribution in [0.25, 0.3) is 0 Å². The quantitative estimate of drug-likeness (QED) is 0.709. The predicted octanol–water partition coefficient (Wildman–Crippen LogP) is 5.42. The lowest BCUT2D eigenvalue weighted by atomic mass is 9.77. The molecule has 4 heteroatoms. The second-order valence-electron chi connectivity index (χ2n) is 6.09. The number of ether oxygens (including phenoxy) is 1. The summed E-state index contributed by atoms with van der Waals surface area (Å²) in [4.78, 5) is 0. The summed E-state index contributed by atoms with van der Waals surface area (Å²) in [5.41, 5.74) is 3.19. The van der Waals surface area contributed by atoms with Crippen molar-refractivity contribution in [3.63, 3.8) is 0 Å². The van der Waals surface area contributed by atoms with E-state index < -0.39 is 0 Å². The number of nitrogens with one attached hydrogen (secondary N) is 1. The highest BCUT2D eigenvalue weighted by atomic mass is 79.9. The second-order valence-corrected chi connectivity index (χ2v) is 7.01. The number of rotatable bonds is 2. The van der Waals surface area contributed by atoms with E-state index in [2.05, 4.69) is 39.5 Å². The van der Waals surface area contributed by atoms with Gasteiger partial charge < -0.3 is 10.1 Å². The fourth-order valence-corrected chi connectivity index (χ4v) is 4.20. The molecule has 23 heavy (non-hydrogen) atoms. The summed E-state index contributed by atoms with van der Waals surface area (Å²) in [6.07, 6.45) is 5.39. The van der Waals surface area contributed by atoms with Gasteiger partial charge >= 0.3 is 0 Å². The lowest BCUT2D eigenvalue weighted by Gasteiger charge is -2.38. The molecule has 2 aromatic carbocycles. The summed E-state index contributed by atoms with van der Waals surface area (Å²) in [7, 11) is 1.70. The largest absolute Gasteiger partial charge is 0.496 e. The molecule has 0 amide bonds. The average Bonchev–Trinajstić information content (AvgIpc) is 3.04. The average molecular weight is 374 g/mol. The van der Waals surface area contributed by atoms with Crippen molar-refractivity contribution in [2.45, 2.75) is 18.4 Å². The number of fused-ring (bicyclic) bond motifs is 3. The molecule has 3 atom stereocenters. The third kappa shape index (κ3) is 2.45. The van der Waals surface area contributed by atoms with Crippen LogP contribution in [0.1, 0.15) is 29.5 Å². The Balaban J connectivity index is 1.82. The van der Waals surface area contributed by atoms with Crippen molar-refractivity contribution in [3.8, 4) is 5.75 Å². The van der Waals surface area contributed by atoms with Gasteiger partial charge in [-0.2, -0.15) is 0 Å². The Morgan fingerprint density at radius 1 is 1.17 bits per heavy atom. The third-order valence-corrected chi connectivity index (χ3v) is 5.34. The number of methoxy groups -OCH3 is 1. The van der Waals surface area contributed by atoms with E-state index in [0.717, 1.165) is 33.5 Å². The van der Waals surface area contributed by atoms with E-state index in [1.807, 2.05) is 18.2 Å². The maximum absolute atomic E-state index is 13.7. The van der Waals surface area contributed by atoms with Crippen molar-refractivity contribution in [2.75, 3.05) is 12.4 Å². The molecule has 2 aliphatic rings. The second kappa shape index (κ2) is 5.68. The first-order valence-electron chi connectivity index (χ1n) is 7.73. The molecule has 1 heterocycles. The van der Waals surface area contributed by atoms with Crippen molar-refractivity contribution in [1.82, 2.24) is 0 Å². The van der Waals surface area contributed by atoms with Crippen molar-refractivity contribution in [3.05, 3.63) is 70.0 Å². The predicted molar refractivity (Wildman–Crippen MR) is 93.4 cm³/mol. The molecule has 0 radical (unpaired) electrons. The SMILES string of the molecule is COc1ccc(Br)cc1[C@H]1Nc2ccc(F)cc2[C@@H]2C=CC[C@@H]12. The summed E-state index contributed by atoms with van der Waals surface area (Å²) in [5, 5.41) is 3.61. The zero-order valence-corrected chi connectivity index (χ0v) is 14.3. The molecule has 4 rings (SSSR count). The summed E-state index contributed by atoms with van der Waals surface area (Å²) in [6.45, 7) is 0. The fraction of sp³-hybridized carbons (Fsp3) is 0.263. The Hall–Kier alpha value is -1.81. The molecule has 2 nitrogen and oxygen atoms in total. The fourth-order valence-electron chi connectivity index (χ4n) is 3.82. The van der Waals surface area contributed by atoms with Crippen LogP contribution < -0.4 is 10.1 Å². The molecule has 1 aliphatic heterocycles. The number of halogens is 2. The van der Waals surface area contributed by atoms with Gasteiger partial charge in [-0.3, -0.25) is 0 Å². The van der Waals surface area contributed by atoms with E-state index in [4.69, 9.17) is 4.74 Å². The first kappa shape index (κ1) is 14.8. The van der Waals surface area contributed by atoms with E-state index in [0.29, 0.717) is 5.92 Å². The summed E-state index contributed by atoms with van der Waals surface area (Å²) < 4.78 is 20.3. The highest BCUT2D eigenvalue weighted by Gasteiger charge is 2.39. The molecule has 0 fully saturated rings. The van der Waals surface area contributed by atoms with Crippen molar-refractivity contribution in [1.29, 1.82) is 0 Å². The highest BCUT2D eigenvalue weighted by molar-refractivity contribution is 9.10. The van der Waals surface area contributed by atoms with Crippen LogP contribution in [0.15, 0.2) is 53.0 Å². The van der Waals surface area contributed by atoms with E-state index in [1.165, 1.54) is 6.07 Å². The van der Waals surface area contributed by atoms with Gasteiger partial charge in [-0.1, -0.05) is 28.1 Å². The molecular formula is C19H17BrFNO. The maximum atomic E-state index is 13.7. The molecule has 0 unspecified atom stereocenters. The molecule has 2 aromatic rings. The highest BCUT2D eigenvalue weighted by Crippen LogP contribution is 2.51. The first-order chi connectivity index (χ1) is 11.2. The topological polar surface area (TPSA) is 21.3 Å². The Kier molecular flexibility index (Phi) is 3.64. The van der Waals surface area contributed by atoms with E-state index in [1.54, 1.807) is 13.2 Å². The Labute approximate surface area is 143 Å². The van der Waals surface area contributed by atoms with Gasteiger partial charge in [0.05, 0.1) is 13.2 Å². The number of allylic oxidation sites excluding steroid dienone is 2. The van der Waals surface area contributed by atoms with Gasteiger partial charge in [-0.05, 0) is 54.3 Å². The Morgan fingerprint density at radius 3 is 2.87 bits per heavy atom. The van der Waals surface area contributed by atoms with Gasteiger partial charge in [0.1, 0.15) is 11.6 Å². The molecule has 0 spiro atoms. The maximum Gasteiger partial charge on any atom is 0.124 e. The first-order valence-corrected chi connectivity index (χ1v) is 8.53. The summed E-state index contributed by atoms with van der Waals surface area (Å²) in [6, 6.07) is 11.2. The van der Waals surface area contributed by atoms with Gasteiger partial charge in [-0.15, -0.1) is 0 Å². The Morgan fingerprint density at radius 2 is 2.04 bits per heavy atom. The number of hydrogen-bond donors (Lipinski definition) is 1. The van der Waals surface area contributed by atoms with Crippen LogP contribution in [0.4, 0.5) is 10.1 Å². The molecule has 1 N–H and O–H groups in total. The molecule has 0 saturated carbocycles. The van der Waals surface area contributed by atoms with Gasteiger partial charge in [0.25, 0.3) is 0 Å². The van der Waals surface area contributed by atoms with E-state index in [-0.39, 0.29) is 17.8 Å². The molecule has 118 valence electrons. The minimum absolute atomic E-state index is 0.139. The molecule has 0 aromatic heterocycles. The summed E-state index contributed by atoms with van der Waals surface area (Å²) >= 11 is 3.56. The minimum atomic E-state index is -0.178. The van der Waals surface area contributed by atoms with Gasteiger partial charge in [-0.25, -0.2) is 4.39 Å². The zero-order chi connectivity index (χ0) is 16.0. The number of benzene rings is 2. The zero-order valence-electron chi connectivity index (χ0n) is 12.7. The number of anilines is 1. The molecule has 1 aliphatic carbocycles. The molecular weight excluding hydrogens is 357 g/mol. The van der Waals surface area contributed by atoms with Crippen LogP contribution in [-0.4, -0.2) is 7.11 Å². The van der Waals surface area contributed by atoms with E-state index >= 15 is 0 Å². The van der Waals surface area contributed by atoms with Crippen molar-refractivity contribution >= 4 is 21.6 Å². The van der Waals surface area contributed by atoms with Crippen LogP contribution in [0.3, 0.4) is 0 Å². The van der Waals surface area contributed by atoms with Crippen LogP contribution in [0, 0.1) is 11.7 Å². The van der Waals surface area contributed by atoms with Crippen LogP contribution in [0.5, 0.6) is 5.75 Å². The van der Waals surface area contributed by atoms with Crippen molar-refractivity contribution in [2.24, 2.45) is 5.92 Å². The van der Waals surface area contributed by atoms with Gasteiger partial charge in [0.2, 0.25) is 0 Å². The lowest BCUT2D eigenvalue weighted by Crippen LogP contribution is -2.29. The van der Waals surface area contributed by atoms with Crippen LogP contribution in [-0.2, 0) is 0 Å². The van der Waals surface area contributed by atoms with Crippen LogP contribution in [0.2, 0.25) is 0 Å². The number of hydrogen-bond acceptors (Lipinski definition) is 2. The minimum Gasteiger partial charge on any atom is -0.496 e.